The van der Waals surface area contributed by atoms with Crippen molar-refractivity contribution in [2.24, 2.45) is 10.7 Å². The SMILES string of the molecule is Cc1nc(N)sc1-c1cccc(N=C(N)NC(=O)NCc2ccccc2)c1.O=C(O)C(F)(F)F.O=C(O)C(F)(F)F. The highest BCUT2D eigenvalue weighted by molar-refractivity contribution is 7.18. The maximum atomic E-state index is 11.9. The lowest BCUT2D eigenvalue weighted by molar-refractivity contribution is -0.193. The Morgan fingerprint density at radius 3 is 1.95 bits per heavy atom. The molecule has 222 valence electrons. The van der Waals surface area contributed by atoms with E-state index in [-0.39, 0.29) is 5.96 Å². The number of halogens is 6. The fraction of sp³-hybridized carbons (Fsp3) is 0.174. The molecule has 0 saturated heterocycles. The lowest BCUT2D eigenvalue weighted by Gasteiger charge is -2.07. The zero-order chi connectivity index (χ0) is 31.4. The number of carboxylic acids is 2. The molecule has 3 aromatic rings. The van der Waals surface area contributed by atoms with Gasteiger partial charge in [-0.1, -0.05) is 53.8 Å². The molecule has 11 nitrogen and oxygen atoms in total. The van der Waals surface area contributed by atoms with Crippen molar-refractivity contribution >= 4 is 46.1 Å². The van der Waals surface area contributed by atoms with Gasteiger partial charge in [0.15, 0.2) is 5.13 Å². The van der Waals surface area contributed by atoms with Gasteiger partial charge in [0.2, 0.25) is 5.96 Å². The van der Waals surface area contributed by atoms with E-state index in [4.69, 9.17) is 31.3 Å². The number of rotatable bonds is 4. The lowest BCUT2D eigenvalue weighted by atomic mass is 10.1. The van der Waals surface area contributed by atoms with Crippen LogP contribution in [-0.4, -0.2) is 51.5 Å². The van der Waals surface area contributed by atoms with Crippen LogP contribution in [-0.2, 0) is 16.1 Å². The predicted octanol–water partition coefficient (Wildman–Crippen LogP) is 4.41. The molecule has 3 rings (SSSR count). The van der Waals surface area contributed by atoms with Gasteiger partial charge in [0.1, 0.15) is 0 Å². The highest BCUT2D eigenvalue weighted by Gasteiger charge is 2.38. The molecular weight excluding hydrogens is 586 g/mol. The number of nitrogen functional groups attached to an aromatic ring is 1. The standard InChI is InChI=1S/C19H20N6OS.2C2HF3O2/c1-12-16(27-18(21)23-12)14-8-5-9-15(10-14)24-17(20)25-19(26)22-11-13-6-3-2-4-7-13;2*3-2(4,5)1(6)7/h2-10H,11H2,1H3,(H2,21,23)(H4,20,22,24,25,26);2*(H,6,7). The van der Waals surface area contributed by atoms with E-state index in [1.165, 1.54) is 11.3 Å². The third kappa shape index (κ3) is 13.2. The number of carboxylic acid groups (broad SMARTS) is 2. The summed E-state index contributed by atoms with van der Waals surface area (Å²) in [5, 5.41) is 20.0. The number of aliphatic carboxylic acids is 2. The molecule has 8 N–H and O–H groups in total. The monoisotopic (exact) mass is 608 g/mol. The number of nitrogens with two attached hydrogens (primary N) is 2. The number of hydrogen-bond acceptors (Lipinski definition) is 7. The van der Waals surface area contributed by atoms with Crippen molar-refractivity contribution < 1.29 is 50.9 Å². The van der Waals surface area contributed by atoms with Crippen LogP contribution in [0.3, 0.4) is 0 Å². The Kier molecular flexibility index (Phi) is 12.5. The molecule has 2 amide bonds. The van der Waals surface area contributed by atoms with Crippen molar-refractivity contribution in [2.75, 3.05) is 5.73 Å². The van der Waals surface area contributed by atoms with Gasteiger partial charge in [-0.25, -0.2) is 24.4 Å². The van der Waals surface area contributed by atoms with Gasteiger partial charge in [-0.05, 0) is 30.2 Å². The number of aryl methyl sites for hydroxylation is 1. The van der Waals surface area contributed by atoms with E-state index in [2.05, 4.69) is 20.6 Å². The van der Waals surface area contributed by atoms with Gasteiger partial charge in [-0.3, -0.25) is 5.32 Å². The molecule has 41 heavy (non-hydrogen) atoms. The molecule has 2 aromatic carbocycles. The van der Waals surface area contributed by atoms with E-state index >= 15 is 0 Å². The van der Waals surface area contributed by atoms with E-state index in [1.807, 2.05) is 55.5 Å². The van der Waals surface area contributed by atoms with Crippen molar-refractivity contribution in [3.63, 3.8) is 0 Å². The Morgan fingerprint density at radius 1 is 0.951 bits per heavy atom. The van der Waals surface area contributed by atoms with Crippen LogP contribution in [0.25, 0.3) is 10.4 Å². The molecule has 0 bridgehead atoms. The molecule has 0 saturated carbocycles. The Hall–Kier alpha value is -4.87. The van der Waals surface area contributed by atoms with Gasteiger partial charge < -0.3 is 27.0 Å². The second-order valence-electron chi connectivity index (χ2n) is 7.41. The number of benzene rings is 2. The average molecular weight is 609 g/mol. The number of carbonyl (C=O) groups excluding carboxylic acids is 1. The normalized spacial score (nSPS) is 11.2. The van der Waals surface area contributed by atoms with E-state index in [9.17, 15) is 31.1 Å². The second-order valence-corrected chi connectivity index (χ2v) is 8.44. The van der Waals surface area contributed by atoms with Crippen LogP contribution in [0, 0.1) is 6.92 Å². The van der Waals surface area contributed by atoms with Crippen LogP contribution in [0.1, 0.15) is 11.3 Å². The summed E-state index contributed by atoms with van der Waals surface area (Å²) in [5.74, 6) is -5.50. The molecule has 1 heterocycles. The molecule has 0 unspecified atom stereocenters. The number of thiazole rings is 1. The number of carbonyl (C=O) groups is 3. The number of alkyl halides is 6. The summed E-state index contributed by atoms with van der Waals surface area (Å²) >= 11 is 1.42. The second kappa shape index (κ2) is 15.1. The summed E-state index contributed by atoms with van der Waals surface area (Å²) in [4.78, 5) is 39.2. The average Bonchev–Trinajstić information content (AvgIpc) is 3.21. The van der Waals surface area contributed by atoms with Crippen molar-refractivity contribution in [1.82, 2.24) is 15.6 Å². The van der Waals surface area contributed by atoms with Crippen molar-refractivity contribution in [3.8, 4) is 10.4 Å². The number of amides is 2. The van der Waals surface area contributed by atoms with Gasteiger partial charge in [-0.2, -0.15) is 26.3 Å². The molecule has 0 aliphatic carbocycles. The van der Waals surface area contributed by atoms with E-state index in [0.29, 0.717) is 17.4 Å². The van der Waals surface area contributed by atoms with Crippen LogP contribution in [0.4, 0.5) is 42.0 Å². The third-order valence-electron chi connectivity index (χ3n) is 4.19. The maximum Gasteiger partial charge on any atom is 0.490 e. The summed E-state index contributed by atoms with van der Waals surface area (Å²) in [6, 6.07) is 16.7. The van der Waals surface area contributed by atoms with Crippen molar-refractivity contribution in [3.05, 3.63) is 65.9 Å². The van der Waals surface area contributed by atoms with E-state index < -0.39 is 30.3 Å². The topological polar surface area (TPSA) is 193 Å². The molecule has 1 aromatic heterocycles. The van der Waals surface area contributed by atoms with Crippen LogP contribution >= 0.6 is 11.3 Å². The number of aromatic nitrogens is 1. The first-order valence-corrected chi connectivity index (χ1v) is 11.6. The van der Waals surface area contributed by atoms with E-state index in [1.54, 1.807) is 6.07 Å². The first-order valence-electron chi connectivity index (χ1n) is 10.8. The molecule has 0 fully saturated rings. The Balaban J connectivity index is 0.000000497. The Morgan fingerprint density at radius 2 is 1.49 bits per heavy atom. The van der Waals surface area contributed by atoms with Crippen LogP contribution in [0.5, 0.6) is 0 Å². The van der Waals surface area contributed by atoms with Crippen molar-refractivity contribution in [2.45, 2.75) is 25.8 Å². The quantitative estimate of drug-likeness (QED) is 0.142. The van der Waals surface area contributed by atoms with Gasteiger partial charge in [0.25, 0.3) is 0 Å². The third-order valence-corrected chi connectivity index (χ3v) is 5.23. The summed E-state index contributed by atoms with van der Waals surface area (Å²) in [5.41, 5.74) is 15.0. The van der Waals surface area contributed by atoms with Gasteiger partial charge in [0.05, 0.1) is 16.3 Å². The molecule has 0 aliphatic rings. The fourth-order valence-corrected chi connectivity index (χ4v) is 3.34. The first-order chi connectivity index (χ1) is 18.9. The molecule has 0 radical (unpaired) electrons. The van der Waals surface area contributed by atoms with E-state index in [0.717, 1.165) is 21.7 Å². The maximum absolute atomic E-state index is 11.9. The minimum absolute atomic E-state index is 0.0123. The number of anilines is 1. The Bertz CT molecular complexity index is 1340. The summed E-state index contributed by atoms with van der Waals surface area (Å²) in [7, 11) is 0. The van der Waals surface area contributed by atoms with Crippen LogP contribution < -0.4 is 22.1 Å². The number of urea groups is 1. The Labute approximate surface area is 231 Å². The molecular formula is C23H22F6N6O5S. The highest BCUT2D eigenvalue weighted by atomic mass is 32.1. The number of guanidine groups is 1. The fourth-order valence-electron chi connectivity index (χ4n) is 2.51. The number of nitrogens with zero attached hydrogens (tertiary/aromatic N) is 2. The number of hydrogen-bond donors (Lipinski definition) is 6. The molecule has 0 aliphatic heterocycles. The largest absolute Gasteiger partial charge is 0.490 e. The lowest BCUT2D eigenvalue weighted by Crippen LogP contribution is -2.42. The predicted molar refractivity (Wildman–Crippen MR) is 137 cm³/mol. The zero-order valence-electron chi connectivity index (χ0n) is 20.7. The van der Waals surface area contributed by atoms with Crippen LogP contribution in [0.2, 0.25) is 0 Å². The van der Waals surface area contributed by atoms with Crippen molar-refractivity contribution in [1.29, 1.82) is 0 Å². The first kappa shape index (κ1) is 34.2. The zero-order valence-corrected chi connectivity index (χ0v) is 21.6. The van der Waals surface area contributed by atoms with Crippen LogP contribution in [0.15, 0.2) is 59.6 Å². The minimum atomic E-state index is -5.08. The number of aliphatic imine (C=N–C) groups is 1. The molecule has 18 heteroatoms. The summed E-state index contributed by atoms with van der Waals surface area (Å²) in [6.45, 7) is 2.31. The molecule has 0 spiro atoms. The van der Waals surface area contributed by atoms with Gasteiger partial charge >= 0.3 is 30.3 Å². The smallest absolute Gasteiger partial charge is 0.475 e. The highest BCUT2D eigenvalue weighted by Crippen LogP contribution is 2.33. The summed E-state index contributed by atoms with van der Waals surface area (Å²) < 4.78 is 63.5. The van der Waals surface area contributed by atoms with Gasteiger partial charge in [0, 0.05) is 6.54 Å². The summed E-state index contributed by atoms with van der Waals surface area (Å²) in [6.07, 6.45) is -10.2. The number of nitrogens with one attached hydrogen (secondary N) is 2. The van der Waals surface area contributed by atoms with Gasteiger partial charge in [-0.15, -0.1) is 0 Å². The molecule has 0 atom stereocenters. The minimum Gasteiger partial charge on any atom is -0.475 e.